The molecule has 2 aromatic carbocycles. The minimum Gasteiger partial charge on any atom is -0.461 e. The maximum Gasteiger partial charge on any atom is 0.324 e. The van der Waals surface area contributed by atoms with E-state index in [1.807, 2.05) is 0 Å². The van der Waals surface area contributed by atoms with Gasteiger partial charge in [0.15, 0.2) is 11.6 Å². The van der Waals surface area contributed by atoms with E-state index in [0.29, 0.717) is 35.6 Å². The molecule has 0 fully saturated rings. The van der Waals surface area contributed by atoms with E-state index in [4.69, 9.17) is 18.9 Å². The number of hydrogen-bond acceptors (Lipinski definition) is 10. The maximum absolute atomic E-state index is 13.2. The molecule has 1 heterocycles. The lowest BCUT2D eigenvalue weighted by Gasteiger charge is -2.20. The molecule has 1 aliphatic carbocycles. The molecule has 0 unspecified atom stereocenters. The first-order chi connectivity index (χ1) is 16.1. The Morgan fingerprint density at radius 2 is 1.27 bits per heavy atom. The fourth-order valence-corrected chi connectivity index (χ4v) is 3.33. The van der Waals surface area contributed by atoms with Crippen LogP contribution in [0.2, 0.25) is 0 Å². The minimum atomic E-state index is -0.259. The van der Waals surface area contributed by atoms with Crippen molar-refractivity contribution in [1.82, 2.24) is 15.0 Å². The molecule has 1 aliphatic rings. The van der Waals surface area contributed by atoms with E-state index < -0.39 is 0 Å². The number of carbonyl (C=O) groups excluding carboxylic acids is 2. The number of carbonyl (C=O) groups is 2. The summed E-state index contributed by atoms with van der Waals surface area (Å²) in [7, 11) is 3.11. The third kappa shape index (κ3) is 4.81. The quantitative estimate of drug-likeness (QED) is 0.361. The van der Waals surface area contributed by atoms with Crippen molar-refractivity contribution < 1.29 is 28.5 Å². The summed E-state index contributed by atoms with van der Waals surface area (Å²) >= 11 is 0. The van der Waals surface area contributed by atoms with Gasteiger partial charge in [0, 0.05) is 30.9 Å². The van der Waals surface area contributed by atoms with Gasteiger partial charge in [-0.05, 0) is 6.07 Å². The highest BCUT2D eigenvalue weighted by molar-refractivity contribution is 6.30. The molecule has 1 N–H and O–H groups in total. The van der Waals surface area contributed by atoms with Crippen molar-refractivity contribution in [3.05, 3.63) is 64.7 Å². The van der Waals surface area contributed by atoms with Gasteiger partial charge in [0.1, 0.15) is 13.2 Å². The minimum absolute atomic E-state index is 0.0227. The number of nitrogens with zero attached hydrogens (tertiary/aromatic N) is 3. The number of aromatic nitrogens is 3. The summed E-state index contributed by atoms with van der Waals surface area (Å²) in [5, 5.41) is 3.02. The largest absolute Gasteiger partial charge is 0.461 e. The van der Waals surface area contributed by atoms with Gasteiger partial charge in [0.25, 0.3) is 0 Å². The summed E-state index contributed by atoms with van der Waals surface area (Å²) in [6.45, 7) is 1.14. The average molecular weight is 450 g/mol. The predicted molar refractivity (Wildman–Crippen MR) is 118 cm³/mol. The molecule has 1 aromatic heterocycles. The summed E-state index contributed by atoms with van der Waals surface area (Å²) in [6.07, 6.45) is 0. The highest BCUT2D eigenvalue weighted by atomic mass is 16.5. The standard InChI is InChI=1S/C23H22N4O6/c1-30-10-12-32-22-25-21(26-23(27-22)33-13-11-31-2)24-17-9-5-8-16-18(17)20(29)15-7-4-3-6-14(15)19(16)28/h3-9H,10-13H2,1-2H3,(H,24,25,26,27). The Bertz CT molecular complexity index is 1160. The molecule has 10 nitrogen and oxygen atoms in total. The van der Waals surface area contributed by atoms with Crippen LogP contribution in [0.15, 0.2) is 42.5 Å². The van der Waals surface area contributed by atoms with Crippen LogP contribution in [0.4, 0.5) is 11.6 Å². The van der Waals surface area contributed by atoms with E-state index >= 15 is 0 Å². The van der Waals surface area contributed by atoms with Crippen molar-refractivity contribution >= 4 is 23.2 Å². The highest BCUT2D eigenvalue weighted by Crippen LogP contribution is 2.33. The predicted octanol–water partition coefficient (Wildman–Crippen LogP) is 2.44. The Hall–Kier alpha value is -3.89. The number of hydrogen-bond donors (Lipinski definition) is 1. The third-order valence-electron chi connectivity index (χ3n) is 4.83. The van der Waals surface area contributed by atoms with Crippen LogP contribution < -0.4 is 14.8 Å². The van der Waals surface area contributed by atoms with E-state index in [9.17, 15) is 9.59 Å². The van der Waals surface area contributed by atoms with Crippen molar-refractivity contribution in [1.29, 1.82) is 0 Å². The van der Waals surface area contributed by atoms with Gasteiger partial charge in [0.05, 0.1) is 24.5 Å². The summed E-state index contributed by atoms with van der Waals surface area (Å²) in [4.78, 5) is 38.8. The summed E-state index contributed by atoms with van der Waals surface area (Å²) in [5.74, 6) is -0.380. The van der Waals surface area contributed by atoms with Gasteiger partial charge in [0.2, 0.25) is 5.95 Å². The molecular weight excluding hydrogens is 428 g/mol. The van der Waals surface area contributed by atoms with Gasteiger partial charge in [-0.1, -0.05) is 36.4 Å². The Morgan fingerprint density at radius 1 is 0.697 bits per heavy atom. The highest BCUT2D eigenvalue weighted by Gasteiger charge is 2.31. The molecule has 0 bridgehead atoms. The second kappa shape index (κ2) is 10.2. The zero-order valence-electron chi connectivity index (χ0n) is 18.2. The molecule has 3 aromatic rings. The number of ketones is 2. The lowest BCUT2D eigenvalue weighted by atomic mass is 9.83. The fraction of sp³-hybridized carbons (Fsp3) is 0.261. The van der Waals surface area contributed by atoms with Gasteiger partial charge in [-0.25, -0.2) is 0 Å². The number of nitrogens with one attached hydrogen (secondary N) is 1. The molecule has 0 radical (unpaired) electrons. The van der Waals surface area contributed by atoms with Crippen LogP contribution in [-0.2, 0) is 9.47 Å². The van der Waals surface area contributed by atoms with Crippen LogP contribution in [0.25, 0.3) is 0 Å². The average Bonchev–Trinajstić information content (AvgIpc) is 2.83. The number of benzene rings is 2. The second-order valence-electron chi connectivity index (χ2n) is 6.96. The zero-order valence-corrected chi connectivity index (χ0v) is 18.2. The van der Waals surface area contributed by atoms with E-state index in [-0.39, 0.29) is 48.3 Å². The molecule has 0 saturated carbocycles. The van der Waals surface area contributed by atoms with Gasteiger partial charge >= 0.3 is 12.0 Å². The monoisotopic (exact) mass is 450 g/mol. The smallest absolute Gasteiger partial charge is 0.324 e. The molecule has 0 spiro atoms. The number of anilines is 2. The SMILES string of the molecule is COCCOc1nc(Nc2cccc3c2C(=O)c2ccccc2C3=O)nc(OCCOC)n1. The number of methoxy groups -OCH3 is 2. The molecule has 0 aliphatic heterocycles. The summed E-state index contributed by atoms with van der Waals surface area (Å²) < 4.78 is 21.0. The van der Waals surface area contributed by atoms with Crippen molar-refractivity contribution in [2.75, 3.05) is 46.0 Å². The van der Waals surface area contributed by atoms with Crippen LogP contribution in [0.5, 0.6) is 12.0 Å². The molecule has 170 valence electrons. The zero-order chi connectivity index (χ0) is 23.2. The van der Waals surface area contributed by atoms with Crippen LogP contribution in [-0.4, -0.2) is 67.2 Å². The Morgan fingerprint density at radius 3 is 1.88 bits per heavy atom. The number of ether oxygens (including phenoxy) is 4. The van der Waals surface area contributed by atoms with Gasteiger partial charge in [-0.3, -0.25) is 9.59 Å². The maximum atomic E-state index is 13.2. The molecule has 33 heavy (non-hydrogen) atoms. The van der Waals surface area contributed by atoms with Crippen molar-refractivity contribution in [2.45, 2.75) is 0 Å². The van der Waals surface area contributed by atoms with Crippen molar-refractivity contribution in [2.24, 2.45) is 0 Å². The topological polar surface area (TPSA) is 122 Å². The molecule has 4 rings (SSSR count). The van der Waals surface area contributed by atoms with Gasteiger partial charge in [-0.2, -0.15) is 9.97 Å². The van der Waals surface area contributed by atoms with Crippen LogP contribution in [0.1, 0.15) is 31.8 Å². The second-order valence-corrected chi connectivity index (χ2v) is 6.96. The number of fused-ring (bicyclic) bond motifs is 2. The van der Waals surface area contributed by atoms with Crippen molar-refractivity contribution in [3.8, 4) is 12.0 Å². The van der Waals surface area contributed by atoms with E-state index in [2.05, 4.69) is 20.3 Å². The molecule has 0 atom stereocenters. The van der Waals surface area contributed by atoms with Gasteiger partial charge < -0.3 is 24.3 Å². The Balaban J connectivity index is 1.67. The molecular formula is C23H22N4O6. The van der Waals surface area contributed by atoms with Crippen LogP contribution >= 0.6 is 0 Å². The van der Waals surface area contributed by atoms with E-state index in [1.54, 1.807) is 56.7 Å². The third-order valence-corrected chi connectivity index (χ3v) is 4.83. The first-order valence-corrected chi connectivity index (χ1v) is 10.2. The van der Waals surface area contributed by atoms with Crippen molar-refractivity contribution in [3.63, 3.8) is 0 Å². The summed E-state index contributed by atoms with van der Waals surface area (Å²) in [5.41, 5.74) is 1.69. The van der Waals surface area contributed by atoms with Crippen LogP contribution in [0.3, 0.4) is 0 Å². The van der Waals surface area contributed by atoms with E-state index in [0.717, 1.165) is 0 Å². The summed E-state index contributed by atoms with van der Waals surface area (Å²) in [6, 6.07) is 11.8. The first-order valence-electron chi connectivity index (χ1n) is 10.2. The normalized spacial score (nSPS) is 12.2. The molecule has 10 heteroatoms. The molecule has 0 amide bonds. The van der Waals surface area contributed by atoms with E-state index in [1.165, 1.54) is 0 Å². The Labute approximate surface area is 189 Å². The Kier molecular flexibility index (Phi) is 6.86. The fourth-order valence-electron chi connectivity index (χ4n) is 3.33. The lowest BCUT2D eigenvalue weighted by molar-refractivity contribution is 0.0979. The van der Waals surface area contributed by atoms with Gasteiger partial charge in [-0.15, -0.1) is 4.98 Å². The number of rotatable bonds is 10. The first kappa shape index (κ1) is 22.3. The lowest BCUT2D eigenvalue weighted by Crippen LogP contribution is -2.22. The molecule has 0 saturated heterocycles. The van der Waals surface area contributed by atoms with Crippen LogP contribution in [0, 0.1) is 0 Å².